The molecular weight excluding hydrogens is 412 g/mol. The first-order valence-electron chi connectivity index (χ1n) is 10.7. The Morgan fingerprint density at radius 3 is 2.71 bits per heavy atom. The largest absolute Gasteiger partial charge is 0.486 e. The van der Waals surface area contributed by atoms with Gasteiger partial charge in [-0.15, -0.1) is 0 Å². The summed E-state index contributed by atoms with van der Waals surface area (Å²) in [6.07, 6.45) is 1.81. The van der Waals surface area contributed by atoms with Crippen molar-refractivity contribution in [1.82, 2.24) is 9.88 Å². The lowest BCUT2D eigenvalue weighted by atomic mass is 9.82. The summed E-state index contributed by atoms with van der Waals surface area (Å²) < 4.78 is 6.30. The molecule has 3 heterocycles. The maximum absolute atomic E-state index is 13.1. The summed E-state index contributed by atoms with van der Waals surface area (Å²) in [5.74, 6) is 0.831. The fourth-order valence-electron chi connectivity index (χ4n) is 4.95. The molecule has 0 unspecified atom stereocenters. The van der Waals surface area contributed by atoms with Crippen molar-refractivity contribution in [2.45, 2.75) is 38.7 Å². The molecule has 0 atom stereocenters. The lowest BCUT2D eigenvalue weighted by Gasteiger charge is -2.43. The Morgan fingerprint density at radius 2 is 1.94 bits per heavy atom. The normalized spacial score (nSPS) is 18.2. The van der Waals surface area contributed by atoms with Crippen molar-refractivity contribution in [3.63, 3.8) is 0 Å². The van der Waals surface area contributed by atoms with E-state index in [9.17, 15) is 9.59 Å². The van der Waals surface area contributed by atoms with E-state index in [1.165, 1.54) is 5.56 Å². The monoisotopic (exact) mass is 436 g/mol. The molecule has 1 fully saturated rings. The van der Waals surface area contributed by atoms with Gasteiger partial charge in [-0.2, -0.15) is 0 Å². The van der Waals surface area contributed by atoms with E-state index in [0.29, 0.717) is 29.3 Å². The summed E-state index contributed by atoms with van der Waals surface area (Å²) in [7, 11) is 0. The quantitative estimate of drug-likeness (QED) is 0.579. The van der Waals surface area contributed by atoms with Crippen molar-refractivity contribution in [3.05, 3.63) is 63.8 Å². The molecule has 1 aromatic heterocycles. The summed E-state index contributed by atoms with van der Waals surface area (Å²) in [4.78, 5) is 31.4. The van der Waals surface area contributed by atoms with Crippen LogP contribution < -0.4 is 4.74 Å². The Labute approximate surface area is 186 Å². The van der Waals surface area contributed by atoms with Crippen LogP contribution in [0.2, 0.25) is 5.02 Å². The van der Waals surface area contributed by atoms with Crippen LogP contribution in [0.3, 0.4) is 0 Å². The minimum atomic E-state index is -0.480. The van der Waals surface area contributed by atoms with Crippen LogP contribution in [0.4, 0.5) is 0 Å². The van der Waals surface area contributed by atoms with Gasteiger partial charge in [-0.1, -0.05) is 23.7 Å². The number of likely N-dealkylation sites (tertiary alicyclic amines) is 1. The van der Waals surface area contributed by atoms with Crippen molar-refractivity contribution in [3.8, 4) is 5.75 Å². The third-order valence-electron chi connectivity index (χ3n) is 6.61. The molecule has 0 bridgehead atoms. The van der Waals surface area contributed by atoms with E-state index in [-0.39, 0.29) is 11.6 Å². The van der Waals surface area contributed by atoms with Crippen molar-refractivity contribution in [2.24, 2.45) is 0 Å². The number of piperidine rings is 1. The Morgan fingerprint density at radius 1 is 1.16 bits per heavy atom. The minimum Gasteiger partial charge on any atom is -0.486 e. The second kappa shape index (κ2) is 7.50. The Balaban J connectivity index is 1.29. The molecule has 0 radical (unpaired) electrons. The molecule has 6 heteroatoms. The number of nitrogens with one attached hydrogen (secondary N) is 1. The average Bonchev–Trinajstić information content (AvgIpc) is 3.05. The molecule has 0 amide bonds. The van der Waals surface area contributed by atoms with Gasteiger partial charge in [0.2, 0.25) is 0 Å². The predicted octanol–water partition coefficient (Wildman–Crippen LogP) is 5.12. The van der Waals surface area contributed by atoms with Gasteiger partial charge in [0.25, 0.3) is 0 Å². The fraction of sp³-hybridized carbons (Fsp3) is 0.360. The molecule has 5 rings (SSSR count). The average molecular weight is 437 g/mol. The lowest BCUT2D eigenvalue weighted by Crippen LogP contribution is -2.51. The molecule has 160 valence electrons. The van der Waals surface area contributed by atoms with E-state index in [2.05, 4.69) is 16.0 Å². The number of carbonyl (C=O) groups excluding carboxylic acids is 2. The van der Waals surface area contributed by atoms with Gasteiger partial charge in [0.1, 0.15) is 11.4 Å². The highest BCUT2D eigenvalue weighted by Crippen LogP contribution is 2.40. The number of H-pyrrole nitrogens is 1. The number of ether oxygens (including phenoxy) is 1. The molecule has 2 aromatic carbocycles. The number of ketones is 2. The highest BCUT2D eigenvalue weighted by Gasteiger charge is 2.43. The Bertz CT molecular complexity index is 1200. The molecule has 2 aliphatic rings. The van der Waals surface area contributed by atoms with Gasteiger partial charge in [0.15, 0.2) is 11.6 Å². The second-order valence-corrected chi connectivity index (χ2v) is 9.34. The summed E-state index contributed by atoms with van der Waals surface area (Å²) in [5, 5.41) is 1.53. The molecule has 5 nitrogen and oxygen atoms in total. The number of nitrogens with zero attached hydrogens (tertiary/aromatic N) is 1. The first kappa shape index (κ1) is 20.3. The van der Waals surface area contributed by atoms with E-state index in [0.717, 1.165) is 48.1 Å². The number of hydrogen-bond donors (Lipinski definition) is 1. The van der Waals surface area contributed by atoms with Gasteiger partial charge in [0, 0.05) is 53.1 Å². The van der Waals surface area contributed by atoms with E-state index < -0.39 is 5.60 Å². The number of aromatic amines is 1. The molecule has 3 aromatic rings. The van der Waals surface area contributed by atoms with Crippen LogP contribution in [0.1, 0.15) is 51.2 Å². The van der Waals surface area contributed by atoms with Gasteiger partial charge < -0.3 is 9.72 Å². The second-order valence-electron chi connectivity index (χ2n) is 8.90. The number of aromatic nitrogens is 1. The van der Waals surface area contributed by atoms with E-state index in [1.54, 1.807) is 18.2 Å². The maximum Gasteiger partial charge on any atom is 0.179 e. The number of halogens is 1. The molecule has 1 N–H and O–H groups in total. The number of carbonyl (C=O) groups is 2. The number of Topliss-reactive ketones (excluding diaryl/α,β-unsaturated/α-hetero) is 2. The first-order valence-corrected chi connectivity index (χ1v) is 11.1. The number of hydrogen-bond acceptors (Lipinski definition) is 4. The summed E-state index contributed by atoms with van der Waals surface area (Å²) >= 11 is 6.04. The molecule has 2 aliphatic heterocycles. The number of rotatable bonds is 3. The smallest absolute Gasteiger partial charge is 0.179 e. The zero-order chi connectivity index (χ0) is 21.8. The van der Waals surface area contributed by atoms with Crippen molar-refractivity contribution in [1.29, 1.82) is 0 Å². The third-order valence-corrected chi connectivity index (χ3v) is 6.84. The van der Waals surface area contributed by atoms with Crippen LogP contribution >= 0.6 is 11.6 Å². The Kier molecular flexibility index (Phi) is 4.91. The number of aryl methyl sites for hydroxylation is 2. The highest BCUT2D eigenvalue weighted by molar-refractivity contribution is 6.31. The number of fused-ring (bicyclic) bond motifs is 2. The van der Waals surface area contributed by atoms with Crippen LogP contribution in [-0.2, 0) is 0 Å². The van der Waals surface area contributed by atoms with Gasteiger partial charge >= 0.3 is 0 Å². The molecule has 1 spiro atoms. The van der Waals surface area contributed by atoms with Crippen LogP contribution in [0, 0.1) is 13.8 Å². The molecule has 0 saturated carbocycles. The third kappa shape index (κ3) is 3.66. The van der Waals surface area contributed by atoms with Crippen molar-refractivity contribution >= 4 is 34.1 Å². The number of benzene rings is 2. The molecule has 31 heavy (non-hydrogen) atoms. The van der Waals surface area contributed by atoms with Crippen molar-refractivity contribution < 1.29 is 14.3 Å². The summed E-state index contributed by atoms with van der Waals surface area (Å²) in [6, 6.07) is 11.4. The fourth-order valence-corrected chi connectivity index (χ4v) is 5.12. The molecular formula is C25H25ClN2O3. The van der Waals surface area contributed by atoms with E-state index >= 15 is 0 Å². The van der Waals surface area contributed by atoms with E-state index in [1.807, 2.05) is 26.0 Å². The zero-order valence-electron chi connectivity index (χ0n) is 17.8. The van der Waals surface area contributed by atoms with Crippen LogP contribution in [-0.4, -0.2) is 46.7 Å². The zero-order valence-corrected chi connectivity index (χ0v) is 18.5. The van der Waals surface area contributed by atoms with Gasteiger partial charge in [-0.05, 0) is 43.7 Å². The first-order chi connectivity index (χ1) is 14.8. The molecule has 0 aliphatic carbocycles. The summed E-state index contributed by atoms with van der Waals surface area (Å²) in [6.45, 7) is 5.83. The van der Waals surface area contributed by atoms with Gasteiger partial charge in [-0.25, -0.2) is 0 Å². The van der Waals surface area contributed by atoms with Crippen LogP contribution in [0.15, 0.2) is 36.4 Å². The SMILES string of the molecule is Cc1ccc2c(C(=O)CN3CCC4(CC3)CC(=O)c3cc(Cl)ccc3O4)c(C)[nH]c2c1. The maximum atomic E-state index is 13.1. The predicted molar refractivity (Wildman–Crippen MR) is 122 cm³/mol. The minimum absolute atomic E-state index is 0.0815. The topological polar surface area (TPSA) is 62.4 Å². The van der Waals surface area contributed by atoms with Crippen LogP contribution in [0.25, 0.3) is 10.9 Å². The van der Waals surface area contributed by atoms with Gasteiger partial charge in [-0.3, -0.25) is 14.5 Å². The molecule has 1 saturated heterocycles. The van der Waals surface area contributed by atoms with Crippen molar-refractivity contribution in [2.75, 3.05) is 19.6 Å². The standard InChI is InChI=1S/C25H25ClN2O3/c1-15-3-5-18-20(11-15)27-16(2)24(18)22(30)14-28-9-7-25(8-10-28)13-21(29)19-12-17(26)4-6-23(19)31-25/h3-6,11-12,27H,7-10,13-14H2,1-2H3. The Hall–Kier alpha value is -2.63. The summed E-state index contributed by atoms with van der Waals surface area (Å²) in [5.41, 5.74) is 3.96. The van der Waals surface area contributed by atoms with Crippen LogP contribution in [0.5, 0.6) is 5.75 Å². The van der Waals surface area contributed by atoms with E-state index in [4.69, 9.17) is 16.3 Å². The highest BCUT2D eigenvalue weighted by atomic mass is 35.5. The lowest BCUT2D eigenvalue weighted by molar-refractivity contribution is -0.00801. The van der Waals surface area contributed by atoms with Gasteiger partial charge in [0.05, 0.1) is 18.5 Å².